The lowest BCUT2D eigenvalue weighted by atomic mass is 9.72. The molecule has 3 rings (SSSR count). The predicted molar refractivity (Wildman–Crippen MR) is 74.5 cm³/mol. The Labute approximate surface area is 110 Å². The van der Waals surface area contributed by atoms with E-state index in [0.717, 1.165) is 0 Å². The van der Waals surface area contributed by atoms with Crippen LogP contribution < -0.4 is 0 Å². The van der Waals surface area contributed by atoms with Crippen molar-refractivity contribution in [3.63, 3.8) is 0 Å². The van der Waals surface area contributed by atoms with Gasteiger partial charge >= 0.3 is 0 Å². The van der Waals surface area contributed by atoms with Gasteiger partial charge in [-0.1, -0.05) is 61.4 Å². The van der Waals surface area contributed by atoms with E-state index in [2.05, 4.69) is 48.5 Å². The van der Waals surface area contributed by atoms with Gasteiger partial charge in [0.1, 0.15) is 0 Å². The van der Waals surface area contributed by atoms with E-state index >= 15 is 0 Å². The molecule has 90 valence electrons. The molecule has 0 heteroatoms. The van der Waals surface area contributed by atoms with E-state index in [4.69, 9.17) is 0 Å². The van der Waals surface area contributed by atoms with Crippen LogP contribution in [-0.2, 0) is 0 Å². The maximum atomic E-state index is 3.42. The summed E-state index contributed by atoms with van der Waals surface area (Å²) in [7, 11) is 0. The Morgan fingerprint density at radius 2 is 1.22 bits per heavy atom. The minimum Gasteiger partial charge on any atom is -0.0619 e. The Balaban J connectivity index is 1.92. The first-order valence-electron chi connectivity index (χ1n) is 6.88. The highest BCUT2D eigenvalue weighted by molar-refractivity contribution is 5.28. The molecule has 0 aromatic heterocycles. The maximum absolute atomic E-state index is 3.42. The van der Waals surface area contributed by atoms with Crippen LogP contribution in [0.25, 0.3) is 0 Å². The summed E-state index contributed by atoms with van der Waals surface area (Å²) < 4.78 is 0. The van der Waals surface area contributed by atoms with Crippen molar-refractivity contribution in [1.82, 2.24) is 0 Å². The SMILES string of the molecule is [c]1ccccc1C1CCCCC1c1[c]cccc1. The third-order valence-electron chi connectivity index (χ3n) is 4.03. The molecule has 0 spiro atoms. The molecule has 1 fully saturated rings. The number of benzene rings is 2. The number of hydrogen-bond donors (Lipinski definition) is 0. The van der Waals surface area contributed by atoms with E-state index in [1.165, 1.54) is 36.8 Å². The molecular weight excluding hydrogens is 216 g/mol. The van der Waals surface area contributed by atoms with Crippen LogP contribution in [0.5, 0.6) is 0 Å². The summed E-state index contributed by atoms with van der Waals surface area (Å²) in [4.78, 5) is 0. The third kappa shape index (κ3) is 2.33. The Morgan fingerprint density at radius 1 is 0.722 bits per heavy atom. The summed E-state index contributed by atoms with van der Waals surface area (Å²) in [6, 6.07) is 23.7. The van der Waals surface area contributed by atoms with E-state index < -0.39 is 0 Å². The van der Waals surface area contributed by atoms with Gasteiger partial charge < -0.3 is 0 Å². The zero-order valence-corrected chi connectivity index (χ0v) is 10.6. The Kier molecular flexibility index (Phi) is 3.45. The molecule has 18 heavy (non-hydrogen) atoms. The minimum absolute atomic E-state index is 0.624. The van der Waals surface area contributed by atoms with Gasteiger partial charge in [-0.2, -0.15) is 0 Å². The average Bonchev–Trinajstić information content (AvgIpc) is 2.49. The lowest BCUT2D eigenvalue weighted by Gasteiger charge is -2.32. The molecule has 2 radical (unpaired) electrons. The molecule has 0 aliphatic heterocycles. The molecule has 1 saturated carbocycles. The van der Waals surface area contributed by atoms with Gasteiger partial charge in [-0.15, -0.1) is 0 Å². The largest absolute Gasteiger partial charge is 0.0619 e. The van der Waals surface area contributed by atoms with Crippen molar-refractivity contribution in [2.45, 2.75) is 37.5 Å². The Hall–Kier alpha value is -1.56. The second kappa shape index (κ2) is 5.39. The Morgan fingerprint density at radius 3 is 1.61 bits per heavy atom. The quantitative estimate of drug-likeness (QED) is 0.704. The van der Waals surface area contributed by atoms with Gasteiger partial charge in [-0.25, -0.2) is 0 Å². The van der Waals surface area contributed by atoms with E-state index in [1.807, 2.05) is 12.1 Å². The van der Waals surface area contributed by atoms with Crippen molar-refractivity contribution in [2.75, 3.05) is 0 Å². The van der Waals surface area contributed by atoms with Crippen molar-refractivity contribution in [1.29, 1.82) is 0 Å². The van der Waals surface area contributed by atoms with Crippen molar-refractivity contribution < 1.29 is 0 Å². The van der Waals surface area contributed by atoms with Crippen LogP contribution in [0.3, 0.4) is 0 Å². The molecule has 2 aromatic rings. The fourth-order valence-electron chi connectivity index (χ4n) is 3.15. The van der Waals surface area contributed by atoms with Gasteiger partial charge in [0.2, 0.25) is 0 Å². The molecule has 0 N–H and O–H groups in total. The molecule has 0 amide bonds. The summed E-state index contributed by atoms with van der Waals surface area (Å²) in [6.07, 6.45) is 5.26. The monoisotopic (exact) mass is 234 g/mol. The average molecular weight is 234 g/mol. The van der Waals surface area contributed by atoms with Crippen molar-refractivity contribution in [3.8, 4) is 0 Å². The minimum atomic E-state index is 0.624. The summed E-state index contributed by atoms with van der Waals surface area (Å²) in [5.41, 5.74) is 2.75. The molecule has 0 bridgehead atoms. The molecule has 2 unspecified atom stereocenters. The molecule has 0 heterocycles. The van der Waals surface area contributed by atoms with E-state index in [9.17, 15) is 0 Å². The van der Waals surface area contributed by atoms with Gasteiger partial charge in [-0.05, 0) is 47.9 Å². The first kappa shape index (κ1) is 11.5. The van der Waals surface area contributed by atoms with Crippen LogP contribution in [0.1, 0.15) is 48.6 Å². The summed E-state index contributed by atoms with van der Waals surface area (Å²) in [5.74, 6) is 1.25. The predicted octanol–water partition coefficient (Wildman–Crippen LogP) is 4.73. The van der Waals surface area contributed by atoms with Crippen molar-refractivity contribution in [3.05, 3.63) is 71.8 Å². The molecular formula is C18H18. The topological polar surface area (TPSA) is 0 Å². The smallest absolute Gasteiger partial charge is 0.00867 e. The Bertz CT molecular complexity index is 424. The summed E-state index contributed by atoms with van der Waals surface area (Å²) in [5, 5.41) is 0. The standard InChI is InChI=1S/C18H18/c1-3-9-15(10-4-1)17-13-7-8-14-18(17)16-11-5-2-6-12-16/h1-6,9,11,17-18H,7-8,13-14H2. The third-order valence-corrected chi connectivity index (χ3v) is 4.03. The van der Waals surface area contributed by atoms with Crippen LogP contribution in [0.4, 0.5) is 0 Å². The highest BCUT2D eigenvalue weighted by atomic mass is 14.3. The van der Waals surface area contributed by atoms with Gasteiger partial charge in [0.05, 0.1) is 0 Å². The van der Waals surface area contributed by atoms with Gasteiger partial charge in [0.25, 0.3) is 0 Å². The van der Waals surface area contributed by atoms with Gasteiger partial charge in [0.15, 0.2) is 0 Å². The maximum Gasteiger partial charge on any atom is -0.00867 e. The van der Waals surface area contributed by atoms with E-state index in [0.29, 0.717) is 11.8 Å². The first-order valence-corrected chi connectivity index (χ1v) is 6.88. The zero-order chi connectivity index (χ0) is 12.2. The number of rotatable bonds is 2. The van der Waals surface area contributed by atoms with Crippen LogP contribution in [-0.4, -0.2) is 0 Å². The lowest BCUT2D eigenvalue weighted by Crippen LogP contribution is -2.16. The summed E-state index contributed by atoms with van der Waals surface area (Å²) in [6.45, 7) is 0. The highest BCUT2D eigenvalue weighted by Crippen LogP contribution is 2.43. The van der Waals surface area contributed by atoms with Crippen molar-refractivity contribution >= 4 is 0 Å². The van der Waals surface area contributed by atoms with Crippen LogP contribution >= 0.6 is 0 Å². The fraction of sp³-hybridized carbons (Fsp3) is 0.333. The fourth-order valence-corrected chi connectivity index (χ4v) is 3.15. The second-order valence-corrected chi connectivity index (χ2v) is 5.13. The van der Waals surface area contributed by atoms with Crippen molar-refractivity contribution in [2.24, 2.45) is 0 Å². The molecule has 1 aliphatic carbocycles. The number of hydrogen-bond acceptors (Lipinski definition) is 0. The van der Waals surface area contributed by atoms with E-state index in [1.54, 1.807) is 0 Å². The molecule has 0 saturated heterocycles. The van der Waals surface area contributed by atoms with Crippen LogP contribution in [0.2, 0.25) is 0 Å². The highest BCUT2D eigenvalue weighted by Gasteiger charge is 2.27. The summed E-state index contributed by atoms with van der Waals surface area (Å²) >= 11 is 0. The van der Waals surface area contributed by atoms with Gasteiger partial charge in [0, 0.05) is 0 Å². The van der Waals surface area contributed by atoms with Gasteiger partial charge in [-0.3, -0.25) is 0 Å². The molecule has 2 aromatic carbocycles. The first-order chi connectivity index (χ1) is 8.95. The second-order valence-electron chi connectivity index (χ2n) is 5.13. The van der Waals surface area contributed by atoms with Crippen LogP contribution in [0.15, 0.2) is 48.5 Å². The van der Waals surface area contributed by atoms with Crippen LogP contribution in [0, 0.1) is 12.1 Å². The molecule has 2 atom stereocenters. The normalized spacial score (nSPS) is 23.8. The van der Waals surface area contributed by atoms with E-state index in [-0.39, 0.29) is 0 Å². The molecule has 0 nitrogen and oxygen atoms in total. The lowest BCUT2D eigenvalue weighted by molar-refractivity contribution is 0.385. The molecule has 1 aliphatic rings. The zero-order valence-electron chi connectivity index (χ0n) is 10.6.